The average molecular weight is 273 g/mol. The minimum Gasteiger partial charge on any atom is -0.456 e. The second-order valence-electron chi connectivity index (χ2n) is 4.05. The van der Waals surface area contributed by atoms with Crippen LogP contribution in [0.25, 0.3) is 0 Å². The summed E-state index contributed by atoms with van der Waals surface area (Å²) in [6.07, 6.45) is 1.52. The number of carbonyl (C=O) groups excluding carboxylic acids is 1. The summed E-state index contributed by atoms with van der Waals surface area (Å²) in [5.74, 6) is -0.307. The van der Waals surface area contributed by atoms with Gasteiger partial charge in [-0.1, -0.05) is 0 Å². The molecule has 0 spiro atoms. The number of nitrogens with zero attached hydrogens (tertiary/aromatic N) is 1. The summed E-state index contributed by atoms with van der Waals surface area (Å²) >= 11 is 3.23. The molecule has 1 aromatic heterocycles. The molecular weight excluding hydrogens is 260 g/mol. The molecule has 0 radical (unpaired) electrons. The van der Waals surface area contributed by atoms with Crippen molar-refractivity contribution in [3.05, 3.63) is 22.3 Å². The lowest BCUT2D eigenvalue weighted by Gasteiger charge is -2.20. The van der Waals surface area contributed by atoms with Crippen molar-refractivity contribution in [2.45, 2.75) is 26.4 Å². The molecule has 0 bridgehead atoms. The van der Waals surface area contributed by atoms with Gasteiger partial charge in [-0.25, -0.2) is 9.78 Å². The van der Waals surface area contributed by atoms with Crippen LogP contribution < -0.4 is 5.73 Å². The number of esters is 1. The highest BCUT2D eigenvalue weighted by Crippen LogP contribution is 2.23. The van der Waals surface area contributed by atoms with E-state index in [9.17, 15) is 4.79 Å². The lowest BCUT2D eigenvalue weighted by atomic mass is 10.2. The molecule has 4 nitrogen and oxygen atoms in total. The van der Waals surface area contributed by atoms with E-state index < -0.39 is 11.6 Å². The third-order valence-corrected chi connectivity index (χ3v) is 2.19. The van der Waals surface area contributed by atoms with Crippen molar-refractivity contribution in [2.75, 3.05) is 5.73 Å². The topological polar surface area (TPSA) is 65.2 Å². The standard InChI is InChI=1S/C10H13BrN2O2/c1-10(2,3)15-9(14)7-6(11)4-5-13-8(7)12/h4-5H,1-3H3,(H2,12,13). The number of nitrogens with two attached hydrogens (primary N) is 1. The number of carbonyl (C=O) groups is 1. The first-order valence-corrected chi connectivity index (χ1v) is 5.24. The van der Waals surface area contributed by atoms with Gasteiger partial charge in [0.05, 0.1) is 0 Å². The molecule has 0 saturated carbocycles. The van der Waals surface area contributed by atoms with Crippen molar-refractivity contribution in [1.82, 2.24) is 4.98 Å². The van der Waals surface area contributed by atoms with Gasteiger partial charge in [0.25, 0.3) is 0 Å². The highest BCUT2D eigenvalue weighted by molar-refractivity contribution is 9.10. The molecule has 5 heteroatoms. The van der Waals surface area contributed by atoms with Gasteiger partial charge < -0.3 is 10.5 Å². The van der Waals surface area contributed by atoms with Crippen molar-refractivity contribution < 1.29 is 9.53 Å². The maximum Gasteiger partial charge on any atom is 0.343 e. The molecule has 0 saturated heterocycles. The number of pyridine rings is 1. The van der Waals surface area contributed by atoms with Crippen LogP contribution in [-0.2, 0) is 4.74 Å². The van der Waals surface area contributed by atoms with E-state index in [0.717, 1.165) is 0 Å². The summed E-state index contributed by atoms with van der Waals surface area (Å²) in [4.78, 5) is 15.6. The van der Waals surface area contributed by atoms with E-state index in [0.29, 0.717) is 4.47 Å². The summed E-state index contributed by atoms with van der Waals surface area (Å²) in [6.45, 7) is 5.39. The van der Waals surface area contributed by atoms with E-state index in [-0.39, 0.29) is 11.4 Å². The number of halogens is 1. The summed E-state index contributed by atoms with van der Waals surface area (Å²) in [6, 6.07) is 1.65. The number of anilines is 1. The molecular formula is C10H13BrN2O2. The monoisotopic (exact) mass is 272 g/mol. The van der Waals surface area contributed by atoms with Gasteiger partial charge in [0.2, 0.25) is 0 Å². The molecule has 1 aromatic rings. The highest BCUT2D eigenvalue weighted by atomic mass is 79.9. The number of nitrogen functional groups attached to an aromatic ring is 1. The fourth-order valence-electron chi connectivity index (χ4n) is 0.984. The van der Waals surface area contributed by atoms with Crippen LogP contribution in [-0.4, -0.2) is 16.6 Å². The van der Waals surface area contributed by atoms with Gasteiger partial charge in [-0.05, 0) is 42.8 Å². The molecule has 0 atom stereocenters. The fraction of sp³-hybridized carbons (Fsp3) is 0.400. The summed E-state index contributed by atoms with van der Waals surface area (Å²) in [5, 5.41) is 0. The van der Waals surface area contributed by atoms with Crippen LogP contribution in [0.3, 0.4) is 0 Å². The van der Waals surface area contributed by atoms with E-state index in [2.05, 4.69) is 20.9 Å². The molecule has 0 unspecified atom stereocenters. The lowest BCUT2D eigenvalue weighted by Crippen LogP contribution is -2.24. The van der Waals surface area contributed by atoms with E-state index in [1.54, 1.807) is 26.8 Å². The largest absolute Gasteiger partial charge is 0.456 e. The Kier molecular flexibility index (Phi) is 3.34. The Morgan fingerprint density at radius 1 is 1.53 bits per heavy atom. The van der Waals surface area contributed by atoms with E-state index in [1.807, 2.05) is 0 Å². The first-order valence-electron chi connectivity index (χ1n) is 4.44. The van der Waals surface area contributed by atoms with Gasteiger partial charge in [0, 0.05) is 10.7 Å². The molecule has 0 amide bonds. The van der Waals surface area contributed by atoms with Crippen LogP contribution in [0.2, 0.25) is 0 Å². The van der Waals surface area contributed by atoms with Gasteiger partial charge in [-0.2, -0.15) is 0 Å². The summed E-state index contributed by atoms with van der Waals surface area (Å²) in [7, 11) is 0. The molecule has 0 aliphatic carbocycles. The van der Waals surface area contributed by atoms with E-state index >= 15 is 0 Å². The Balaban J connectivity index is 3.02. The zero-order valence-corrected chi connectivity index (χ0v) is 10.5. The zero-order chi connectivity index (χ0) is 11.6. The minimum absolute atomic E-state index is 0.165. The van der Waals surface area contributed by atoms with Gasteiger partial charge in [0.1, 0.15) is 17.0 Å². The molecule has 0 aromatic carbocycles. The molecule has 1 heterocycles. The van der Waals surface area contributed by atoms with E-state index in [1.165, 1.54) is 6.20 Å². The van der Waals surface area contributed by atoms with Crippen molar-refractivity contribution in [3.8, 4) is 0 Å². The fourth-order valence-corrected chi connectivity index (χ4v) is 1.47. The third kappa shape index (κ3) is 3.20. The van der Waals surface area contributed by atoms with Gasteiger partial charge in [0.15, 0.2) is 0 Å². The first-order chi connectivity index (χ1) is 6.81. The van der Waals surface area contributed by atoms with Gasteiger partial charge >= 0.3 is 5.97 Å². The molecule has 0 aliphatic rings. The maximum absolute atomic E-state index is 11.7. The number of hydrogen-bond donors (Lipinski definition) is 1. The van der Waals surface area contributed by atoms with Crippen LogP contribution in [0.4, 0.5) is 5.82 Å². The van der Waals surface area contributed by atoms with Gasteiger partial charge in [-0.3, -0.25) is 0 Å². The molecule has 0 fully saturated rings. The summed E-state index contributed by atoms with van der Waals surface area (Å²) < 4.78 is 5.78. The van der Waals surface area contributed by atoms with Crippen molar-refractivity contribution in [2.24, 2.45) is 0 Å². The number of hydrogen-bond acceptors (Lipinski definition) is 4. The second-order valence-corrected chi connectivity index (χ2v) is 4.91. The maximum atomic E-state index is 11.7. The molecule has 15 heavy (non-hydrogen) atoms. The van der Waals surface area contributed by atoms with E-state index in [4.69, 9.17) is 10.5 Å². The Bertz CT molecular complexity index is 365. The van der Waals surface area contributed by atoms with Crippen molar-refractivity contribution >= 4 is 27.7 Å². The van der Waals surface area contributed by atoms with Crippen LogP contribution in [0.1, 0.15) is 31.1 Å². The number of rotatable bonds is 1. The third-order valence-electron chi connectivity index (χ3n) is 1.53. The Labute approximate surface area is 97.0 Å². The zero-order valence-electron chi connectivity index (χ0n) is 8.87. The molecule has 1 rings (SSSR count). The van der Waals surface area contributed by atoms with Crippen LogP contribution in [0.5, 0.6) is 0 Å². The quantitative estimate of drug-likeness (QED) is 0.798. The predicted octanol–water partition coefficient (Wildman–Crippen LogP) is 2.38. The number of ether oxygens (including phenoxy) is 1. The molecule has 82 valence electrons. The van der Waals surface area contributed by atoms with Crippen LogP contribution in [0, 0.1) is 0 Å². The number of aromatic nitrogens is 1. The highest BCUT2D eigenvalue weighted by Gasteiger charge is 2.22. The second kappa shape index (κ2) is 4.18. The predicted molar refractivity (Wildman–Crippen MR) is 61.5 cm³/mol. The minimum atomic E-state index is -0.543. The lowest BCUT2D eigenvalue weighted by molar-refractivity contribution is 0.00694. The van der Waals surface area contributed by atoms with Crippen LogP contribution in [0.15, 0.2) is 16.7 Å². The molecule has 0 aliphatic heterocycles. The van der Waals surface area contributed by atoms with Gasteiger partial charge in [-0.15, -0.1) is 0 Å². The Morgan fingerprint density at radius 3 is 2.60 bits per heavy atom. The SMILES string of the molecule is CC(C)(C)OC(=O)c1c(Br)ccnc1N. The van der Waals surface area contributed by atoms with Crippen molar-refractivity contribution in [1.29, 1.82) is 0 Å². The van der Waals surface area contributed by atoms with Crippen LogP contribution >= 0.6 is 15.9 Å². The Morgan fingerprint density at radius 2 is 2.13 bits per heavy atom. The average Bonchev–Trinajstić information content (AvgIpc) is 1.99. The Hall–Kier alpha value is -1.10. The van der Waals surface area contributed by atoms with Crippen molar-refractivity contribution in [3.63, 3.8) is 0 Å². The first kappa shape index (κ1) is 12.0. The normalized spacial score (nSPS) is 11.2. The smallest absolute Gasteiger partial charge is 0.343 e. The summed E-state index contributed by atoms with van der Waals surface area (Å²) in [5.41, 5.74) is 5.33. The molecule has 2 N–H and O–H groups in total.